The third-order valence-electron chi connectivity index (χ3n) is 6.49. The molecule has 2 heterocycles. The van der Waals surface area contributed by atoms with Gasteiger partial charge in [-0.15, -0.1) is 0 Å². The molecule has 1 aliphatic rings. The summed E-state index contributed by atoms with van der Waals surface area (Å²) in [6, 6.07) is 12.4. The normalized spacial score (nSPS) is 15.8. The number of carbonyl (C=O) groups is 3. The number of fused-ring (bicyclic) bond motifs is 1. The molecule has 0 radical (unpaired) electrons. The second-order valence-electron chi connectivity index (χ2n) is 9.11. The van der Waals surface area contributed by atoms with E-state index in [4.69, 9.17) is 18.0 Å². The van der Waals surface area contributed by atoms with Crippen molar-refractivity contribution < 1.29 is 19.5 Å². The molecule has 39 heavy (non-hydrogen) atoms. The minimum absolute atomic E-state index is 0.00148. The van der Waals surface area contributed by atoms with Crippen LogP contribution in [0.25, 0.3) is 11.0 Å². The number of H-pyrrole nitrogens is 1. The highest BCUT2D eigenvalue weighted by Gasteiger charge is 2.34. The lowest BCUT2D eigenvalue weighted by Gasteiger charge is -2.16. The Morgan fingerprint density at radius 1 is 1.05 bits per heavy atom. The number of hydrogen-bond acceptors (Lipinski definition) is 7. The average molecular weight is 553 g/mol. The van der Waals surface area contributed by atoms with Crippen molar-refractivity contribution in [3.8, 4) is 0 Å². The number of primary amides is 1. The third kappa shape index (κ3) is 6.04. The van der Waals surface area contributed by atoms with Gasteiger partial charge in [-0.2, -0.15) is 0 Å². The number of carbonyl (C=O) groups excluding carboxylic acids is 3. The largest absolute Gasteiger partial charge is 0.394 e. The van der Waals surface area contributed by atoms with Gasteiger partial charge in [0.05, 0.1) is 23.2 Å². The first-order valence-electron chi connectivity index (χ1n) is 12.3. The Balaban J connectivity index is 1.45. The first-order chi connectivity index (χ1) is 18.7. The molecule has 3 aromatic rings. The van der Waals surface area contributed by atoms with E-state index in [1.807, 2.05) is 30.3 Å². The Labute approximate surface area is 227 Å². The van der Waals surface area contributed by atoms with Crippen LogP contribution in [0.5, 0.6) is 0 Å². The maximum atomic E-state index is 12.9. The minimum Gasteiger partial charge on any atom is -0.394 e. The Kier molecular flexibility index (Phi) is 8.52. The molecule has 0 spiro atoms. The van der Waals surface area contributed by atoms with Gasteiger partial charge in [-0.1, -0.05) is 36.4 Å². The number of benzene rings is 2. The fraction of sp³-hybridized carbons (Fsp3) is 0.308. The van der Waals surface area contributed by atoms with E-state index in [1.165, 1.54) is 21.6 Å². The molecule has 204 valence electrons. The quantitative estimate of drug-likeness (QED) is 0.119. The number of nitrogens with one attached hydrogen (secondary N) is 3. The average Bonchev–Trinajstić information content (AvgIpc) is 3.18. The van der Waals surface area contributed by atoms with Crippen molar-refractivity contribution in [2.45, 2.75) is 37.9 Å². The Morgan fingerprint density at radius 3 is 2.46 bits per heavy atom. The summed E-state index contributed by atoms with van der Waals surface area (Å²) in [6.45, 7) is -0.200. The second-order valence-corrected chi connectivity index (χ2v) is 9.50. The fourth-order valence-electron chi connectivity index (χ4n) is 4.47. The lowest BCUT2D eigenvalue weighted by molar-refractivity contribution is -0.127. The molecule has 2 aromatic carbocycles. The molecule has 1 saturated heterocycles. The van der Waals surface area contributed by atoms with Crippen LogP contribution in [-0.4, -0.2) is 67.6 Å². The van der Waals surface area contributed by atoms with Gasteiger partial charge in [0, 0.05) is 19.5 Å². The highest BCUT2D eigenvalue weighted by Crippen LogP contribution is 2.16. The number of nitrogens with zero attached hydrogens (tertiary/aromatic N) is 2. The van der Waals surface area contributed by atoms with Gasteiger partial charge in [0.15, 0.2) is 5.11 Å². The summed E-state index contributed by atoms with van der Waals surface area (Å²) >= 11 is 5.36. The van der Waals surface area contributed by atoms with Crippen LogP contribution in [0.1, 0.15) is 28.8 Å². The number of rotatable bonds is 11. The SMILES string of the molecule is NC(=O)[C@H](CO)NC(=O)c1cccc2c1[nH]c(=O)c(=O)n2CCCCN1C(=O)C(Cc2ccccc2)NC1=S. The van der Waals surface area contributed by atoms with Crippen LogP contribution in [0.15, 0.2) is 58.1 Å². The maximum absolute atomic E-state index is 12.9. The van der Waals surface area contributed by atoms with Crippen LogP contribution in [0.4, 0.5) is 0 Å². The monoisotopic (exact) mass is 552 g/mol. The van der Waals surface area contributed by atoms with Crippen LogP contribution in [0.2, 0.25) is 0 Å². The Bertz CT molecular complexity index is 1540. The maximum Gasteiger partial charge on any atom is 0.316 e. The smallest absolute Gasteiger partial charge is 0.316 e. The molecule has 1 aliphatic heterocycles. The molecule has 3 amide bonds. The zero-order valence-corrected chi connectivity index (χ0v) is 21.7. The number of aromatic amines is 1. The van der Waals surface area contributed by atoms with E-state index in [2.05, 4.69) is 15.6 Å². The van der Waals surface area contributed by atoms with Crippen LogP contribution in [0, 0.1) is 0 Å². The number of amides is 3. The molecule has 2 atom stereocenters. The van der Waals surface area contributed by atoms with Crippen LogP contribution < -0.4 is 27.5 Å². The molecule has 1 fully saturated rings. The van der Waals surface area contributed by atoms with Gasteiger partial charge in [0.1, 0.15) is 12.1 Å². The fourth-order valence-corrected chi connectivity index (χ4v) is 4.79. The van der Waals surface area contributed by atoms with Gasteiger partial charge in [-0.3, -0.25) is 28.9 Å². The predicted molar refractivity (Wildman–Crippen MR) is 147 cm³/mol. The minimum atomic E-state index is -1.31. The lowest BCUT2D eigenvalue weighted by atomic mass is 10.1. The van der Waals surface area contributed by atoms with Crippen LogP contribution in [0.3, 0.4) is 0 Å². The summed E-state index contributed by atoms with van der Waals surface area (Å²) in [5, 5.41) is 15.0. The van der Waals surface area contributed by atoms with Crippen molar-refractivity contribution in [1.29, 1.82) is 0 Å². The van der Waals surface area contributed by atoms with Gasteiger partial charge in [0.25, 0.3) is 11.8 Å². The van der Waals surface area contributed by atoms with Crippen molar-refractivity contribution in [1.82, 2.24) is 25.1 Å². The predicted octanol–water partition coefficient (Wildman–Crippen LogP) is -0.626. The molecular formula is C26H28N6O6S. The summed E-state index contributed by atoms with van der Waals surface area (Å²) in [5.41, 5.74) is 4.90. The highest BCUT2D eigenvalue weighted by atomic mass is 32.1. The van der Waals surface area contributed by atoms with E-state index in [0.29, 0.717) is 36.4 Å². The van der Waals surface area contributed by atoms with E-state index in [-0.39, 0.29) is 23.5 Å². The first-order valence-corrected chi connectivity index (χ1v) is 12.7. The molecule has 0 bridgehead atoms. The number of aryl methyl sites for hydroxylation is 1. The molecule has 1 aromatic heterocycles. The van der Waals surface area contributed by atoms with Crippen molar-refractivity contribution in [3.05, 3.63) is 80.4 Å². The molecule has 0 saturated carbocycles. The number of para-hydroxylation sites is 1. The molecule has 6 N–H and O–H groups in total. The summed E-state index contributed by atoms with van der Waals surface area (Å²) in [7, 11) is 0. The Hall–Kier alpha value is -4.36. The molecule has 1 unspecified atom stereocenters. The van der Waals surface area contributed by atoms with Crippen LogP contribution >= 0.6 is 12.2 Å². The molecule has 13 heteroatoms. The van der Waals surface area contributed by atoms with Crippen molar-refractivity contribution in [2.75, 3.05) is 13.2 Å². The lowest BCUT2D eigenvalue weighted by Crippen LogP contribution is -2.47. The van der Waals surface area contributed by atoms with Crippen LogP contribution in [-0.2, 0) is 22.6 Å². The van der Waals surface area contributed by atoms with E-state index in [0.717, 1.165) is 5.56 Å². The van der Waals surface area contributed by atoms with Gasteiger partial charge >= 0.3 is 11.1 Å². The van der Waals surface area contributed by atoms with E-state index in [9.17, 15) is 29.1 Å². The number of aliphatic hydroxyl groups excluding tert-OH is 1. The molecule has 4 rings (SSSR count). The van der Waals surface area contributed by atoms with Crippen molar-refractivity contribution >= 4 is 46.1 Å². The number of aliphatic hydroxyl groups is 1. The standard InChI is InChI=1S/C26H28N6O6S/c27-21(34)18(14-33)28-22(35)16-9-6-10-19-20(16)30-23(36)25(38)31(19)11-4-5-12-32-24(37)17(29-26(32)39)13-15-7-2-1-3-8-15/h1-3,6-10,17-18,33H,4-5,11-14H2,(H2,27,34)(H,28,35)(H,29,39)(H,30,36)/t17?,18-/m0/s1. The Morgan fingerprint density at radius 2 is 1.77 bits per heavy atom. The van der Waals surface area contributed by atoms with Gasteiger partial charge in [-0.05, 0) is 42.8 Å². The molecule has 12 nitrogen and oxygen atoms in total. The summed E-state index contributed by atoms with van der Waals surface area (Å²) in [6.07, 6.45) is 1.46. The van der Waals surface area contributed by atoms with E-state index >= 15 is 0 Å². The number of unbranched alkanes of at least 4 members (excludes halogenated alkanes) is 1. The van der Waals surface area contributed by atoms with E-state index < -0.39 is 41.6 Å². The van der Waals surface area contributed by atoms with Crippen molar-refractivity contribution in [3.63, 3.8) is 0 Å². The first kappa shape index (κ1) is 27.7. The number of nitrogens with two attached hydrogens (primary N) is 1. The third-order valence-corrected chi connectivity index (χ3v) is 6.83. The van der Waals surface area contributed by atoms with Gasteiger partial charge < -0.3 is 31.0 Å². The second kappa shape index (κ2) is 12.0. The number of thiocarbonyl (C=S) groups is 1. The van der Waals surface area contributed by atoms with Gasteiger partial charge in [0.2, 0.25) is 5.91 Å². The highest BCUT2D eigenvalue weighted by molar-refractivity contribution is 7.80. The zero-order valence-electron chi connectivity index (χ0n) is 20.9. The number of hydrogen-bond donors (Lipinski definition) is 5. The summed E-state index contributed by atoms with van der Waals surface area (Å²) in [4.78, 5) is 66.1. The molecular weight excluding hydrogens is 524 g/mol. The topological polar surface area (TPSA) is 180 Å². The van der Waals surface area contributed by atoms with E-state index in [1.54, 1.807) is 6.07 Å². The molecule has 0 aliphatic carbocycles. The summed E-state index contributed by atoms with van der Waals surface area (Å²) < 4.78 is 1.27. The summed E-state index contributed by atoms with van der Waals surface area (Å²) in [5.74, 6) is -1.79. The van der Waals surface area contributed by atoms with Gasteiger partial charge in [-0.25, -0.2) is 0 Å². The number of aromatic nitrogens is 2. The van der Waals surface area contributed by atoms with Crippen molar-refractivity contribution in [2.24, 2.45) is 5.73 Å². The zero-order chi connectivity index (χ0) is 28.1.